The molecule has 0 N–H and O–H groups in total. The fourth-order valence-corrected chi connectivity index (χ4v) is 3.11. The van der Waals surface area contributed by atoms with Crippen molar-refractivity contribution in [3.05, 3.63) is 53.5 Å². The number of hydrogen-bond donors (Lipinski definition) is 0. The van der Waals surface area contributed by atoms with E-state index in [1.165, 1.54) is 11.3 Å². The van der Waals surface area contributed by atoms with E-state index < -0.39 is 5.92 Å². The molecule has 0 amide bonds. The molecule has 1 heterocycles. The van der Waals surface area contributed by atoms with Gasteiger partial charge in [-0.3, -0.25) is 4.99 Å². The smallest absolute Gasteiger partial charge is 0.133 e. The Morgan fingerprint density at radius 2 is 2.04 bits per heavy atom. The summed E-state index contributed by atoms with van der Waals surface area (Å²) < 4.78 is 6.48. The number of thiazole rings is 1. The normalized spacial score (nSPS) is 12.3. The van der Waals surface area contributed by atoms with Crippen LogP contribution in [0, 0.1) is 11.3 Å². The number of aromatic nitrogens is 1. The third-order valence-corrected chi connectivity index (χ3v) is 4.36. The summed E-state index contributed by atoms with van der Waals surface area (Å²) in [6.07, 6.45) is 1.65. The van der Waals surface area contributed by atoms with Gasteiger partial charge in [-0.05, 0) is 43.3 Å². The van der Waals surface area contributed by atoms with E-state index in [0.717, 1.165) is 26.7 Å². The Kier molecular flexibility index (Phi) is 4.65. The second-order valence-corrected chi connectivity index (χ2v) is 5.89. The molecule has 1 unspecified atom stereocenters. The zero-order valence-electron chi connectivity index (χ0n) is 12.6. The molecular weight excluding hydrogens is 306 g/mol. The standard InChI is InChI=1S/C18H15N3OS/c1-2-22-15-9-7-14(8-10-15)20-12-13(11-19)18-21-16-5-3-4-6-17(16)23-18/h3-10,12-13H,2H2,1H3. The van der Waals surface area contributed by atoms with Gasteiger partial charge in [0.2, 0.25) is 0 Å². The van der Waals surface area contributed by atoms with Crippen LogP contribution in [0.5, 0.6) is 5.75 Å². The van der Waals surface area contributed by atoms with E-state index in [1.807, 2.05) is 55.5 Å². The highest BCUT2D eigenvalue weighted by molar-refractivity contribution is 7.18. The molecule has 0 bridgehead atoms. The van der Waals surface area contributed by atoms with E-state index in [-0.39, 0.29) is 0 Å². The number of hydrogen-bond acceptors (Lipinski definition) is 5. The first-order valence-electron chi connectivity index (χ1n) is 7.32. The number of rotatable bonds is 5. The molecule has 5 heteroatoms. The third-order valence-electron chi connectivity index (χ3n) is 3.24. The minimum absolute atomic E-state index is 0.445. The van der Waals surface area contributed by atoms with Crippen molar-refractivity contribution in [2.24, 2.45) is 4.99 Å². The van der Waals surface area contributed by atoms with Crippen molar-refractivity contribution < 1.29 is 4.74 Å². The van der Waals surface area contributed by atoms with Gasteiger partial charge in [-0.2, -0.15) is 5.26 Å². The molecular formula is C18H15N3OS. The number of nitrogens with zero attached hydrogens (tertiary/aromatic N) is 3. The van der Waals surface area contributed by atoms with Crippen LogP contribution in [0.25, 0.3) is 10.2 Å². The summed E-state index contributed by atoms with van der Waals surface area (Å²) in [5.74, 6) is 0.369. The van der Waals surface area contributed by atoms with Crippen LogP contribution in [0.15, 0.2) is 53.5 Å². The van der Waals surface area contributed by atoms with Crippen LogP contribution >= 0.6 is 11.3 Å². The minimum Gasteiger partial charge on any atom is -0.494 e. The molecule has 0 aliphatic heterocycles. The lowest BCUT2D eigenvalue weighted by molar-refractivity contribution is 0.340. The predicted molar refractivity (Wildman–Crippen MR) is 93.7 cm³/mol. The number of nitriles is 1. The average molecular weight is 321 g/mol. The Hall–Kier alpha value is -2.71. The van der Waals surface area contributed by atoms with E-state index in [0.29, 0.717) is 6.61 Å². The highest BCUT2D eigenvalue weighted by atomic mass is 32.1. The van der Waals surface area contributed by atoms with E-state index in [1.54, 1.807) is 6.21 Å². The number of ether oxygens (including phenoxy) is 1. The Morgan fingerprint density at radius 1 is 1.26 bits per heavy atom. The maximum atomic E-state index is 9.40. The van der Waals surface area contributed by atoms with Gasteiger partial charge in [-0.1, -0.05) is 12.1 Å². The number of aliphatic imine (C=N–C) groups is 1. The summed E-state index contributed by atoms with van der Waals surface area (Å²) >= 11 is 1.53. The highest BCUT2D eigenvalue weighted by Gasteiger charge is 2.13. The van der Waals surface area contributed by atoms with Crippen molar-refractivity contribution in [1.29, 1.82) is 5.26 Å². The van der Waals surface area contributed by atoms with E-state index in [4.69, 9.17) is 4.74 Å². The number of para-hydroxylation sites is 1. The van der Waals surface area contributed by atoms with Crippen LogP contribution < -0.4 is 4.74 Å². The molecule has 1 atom stereocenters. The zero-order chi connectivity index (χ0) is 16.1. The van der Waals surface area contributed by atoms with Crippen molar-refractivity contribution in [1.82, 2.24) is 4.98 Å². The second kappa shape index (κ2) is 7.03. The van der Waals surface area contributed by atoms with E-state index in [2.05, 4.69) is 16.0 Å². The molecule has 0 saturated heterocycles. The molecule has 0 saturated carbocycles. The van der Waals surface area contributed by atoms with Crippen molar-refractivity contribution in [2.45, 2.75) is 12.8 Å². The lowest BCUT2D eigenvalue weighted by Crippen LogP contribution is -1.95. The fraction of sp³-hybridized carbons (Fsp3) is 0.167. The van der Waals surface area contributed by atoms with Gasteiger partial charge in [0, 0.05) is 6.21 Å². The SMILES string of the molecule is CCOc1ccc(N=CC(C#N)c2nc3ccccc3s2)cc1. The molecule has 4 nitrogen and oxygen atoms in total. The fourth-order valence-electron chi connectivity index (χ4n) is 2.13. The lowest BCUT2D eigenvalue weighted by Gasteiger charge is -2.02. The van der Waals surface area contributed by atoms with Crippen LogP contribution in [-0.4, -0.2) is 17.8 Å². The van der Waals surface area contributed by atoms with Crippen LogP contribution in [-0.2, 0) is 0 Å². The van der Waals surface area contributed by atoms with Crippen LogP contribution in [0.2, 0.25) is 0 Å². The zero-order valence-corrected chi connectivity index (χ0v) is 13.5. The van der Waals surface area contributed by atoms with E-state index >= 15 is 0 Å². The Labute approximate surface area is 138 Å². The van der Waals surface area contributed by atoms with Gasteiger partial charge in [-0.25, -0.2) is 4.98 Å². The molecule has 3 aromatic rings. The first-order chi connectivity index (χ1) is 11.3. The molecule has 0 fully saturated rings. The van der Waals surface area contributed by atoms with Crippen molar-refractivity contribution in [3.63, 3.8) is 0 Å². The van der Waals surface area contributed by atoms with Crippen LogP contribution in [0.3, 0.4) is 0 Å². The molecule has 1 aromatic heterocycles. The van der Waals surface area contributed by atoms with Crippen molar-refractivity contribution >= 4 is 33.5 Å². The van der Waals surface area contributed by atoms with Crippen LogP contribution in [0.4, 0.5) is 5.69 Å². The Bertz CT molecular complexity index is 829. The quantitative estimate of drug-likeness (QED) is 0.640. The van der Waals surface area contributed by atoms with Gasteiger partial charge in [0.1, 0.15) is 16.7 Å². The molecule has 0 radical (unpaired) electrons. The number of fused-ring (bicyclic) bond motifs is 1. The first-order valence-corrected chi connectivity index (χ1v) is 8.14. The van der Waals surface area contributed by atoms with Crippen molar-refractivity contribution in [3.8, 4) is 11.8 Å². The van der Waals surface area contributed by atoms with Crippen molar-refractivity contribution in [2.75, 3.05) is 6.61 Å². The van der Waals surface area contributed by atoms with Gasteiger partial charge in [0.05, 0.1) is 28.6 Å². The molecule has 0 aliphatic rings. The van der Waals surface area contributed by atoms with Gasteiger partial charge in [0.15, 0.2) is 0 Å². The summed E-state index contributed by atoms with van der Waals surface area (Å²) in [6, 6.07) is 17.6. The predicted octanol–water partition coefficient (Wildman–Crippen LogP) is 4.70. The monoisotopic (exact) mass is 321 g/mol. The highest BCUT2D eigenvalue weighted by Crippen LogP contribution is 2.27. The van der Waals surface area contributed by atoms with Gasteiger partial charge in [0.25, 0.3) is 0 Å². The summed E-state index contributed by atoms with van der Waals surface area (Å²) in [6.45, 7) is 2.58. The molecule has 23 heavy (non-hydrogen) atoms. The molecule has 0 aliphatic carbocycles. The molecule has 0 spiro atoms. The Morgan fingerprint density at radius 3 is 2.74 bits per heavy atom. The van der Waals surface area contributed by atoms with Gasteiger partial charge >= 0.3 is 0 Å². The molecule has 2 aromatic carbocycles. The van der Waals surface area contributed by atoms with E-state index in [9.17, 15) is 5.26 Å². The molecule has 114 valence electrons. The lowest BCUT2D eigenvalue weighted by atomic mass is 10.2. The second-order valence-electron chi connectivity index (χ2n) is 4.83. The summed E-state index contributed by atoms with van der Waals surface area (Å²) in [5.41, 5.74) is 1.71. The average Bonchev–Trinajstić information content (AvgIpc) is 3.01. The summed E-state index contributed by atoms with van der Waals surface area (Å²) in [4.78, 5) is 8.91. The van der Waals surface area contributed by atoms with Crippen LogP contribution in [0.1, 0.15) is 17.8 Å². The number of benzene rings is 2. The molecule has 3 rings (SSSR count). The van der Waals surface area contributed by atoms with Gasteiger partial charge in [-0.15, -0.1) is 11.3 Å². The Balaban J connectivity index is 1.79. The van der Waals surface area contributed by atoms with Gasteiger partial charge < -0.3 is 4.74 Å². The third kappa shape index (κ3) is 3.55. The largest absolute Gasteiger partial charge is 0.494 e. The summed E-state index contributed by atoms with van der Waals surface area (Å²) in [7, 11) is 0. The first kappa shape index (κ1) is 15.2. The summed E-state index contributed by atoms with van der Waals surface area (Å²) in [5, 5.41) is 10.2. The maximum Gasteiger partial charge on any atom is 0.133 e. The minimum atomic E-state index is -0.445. The topological polar surface area (TPSA) is 58.3 Å². The maximum absolute atomic E-state index is 9.40.